The summed E-state index contributed by atoms with van der Waals surface area (Å²) in [6.07, 6.45) is 0. The summed E-state index contributed by atoms with van der Waals surface area (Å²) in [5.74, 6) is 0.235. The molecule has 0 aliphatic carbocycles. The van der Waals surface area contributed by atoms with Gasteiger partial charge in [0.25, 0.3) is 5.91 Å². The van der Waals surface area contributed by atoms with Crippen LogP contribution in [0.4, 0.5) is 4.39 Å². The molecule has 0 unspecified atom stereocenters. The summed E-state index contributed by atoms with van der Waals surface area (Å²) in [7, 11) is 1.49. The van der Waals surface area contributed by atoms with Gasteiger partial charge in [0.05, 0.1) is 12.6 Å². The monoisotopic (exact) mass is 366 g/mol. The van der Waals surface area contributed by atoms with Crippen LogP contribution in [-0.4, -0.2) is 18.0 Å². The first-order valence-electron chi connectivity index (χ1n) is 8.91. The number of aromatic nitrogens is 1. The van der Waals surface area contributed by atoms with E-state index in [1.165, 1.54) is 24.8 Å². The van der Waals surface area contributed by atoms with Crippen molar-refractivity contribution in [1.82, 2.24) is 10.3 Å². The Bertz CT molecular complexity index is 982. The van der Waals surface area contributed by atoms with Gasteiger partial charge in [0.2, 0.25) is 0 Å². The minimum Gasteiger partial charge on any atom is -0.496 e. The lowest BCUT2D eigenvalue weighted by Crippen LogP contribution is -2.24. The van der Waals surface area contributed by atoms with Crippen LogP contribution in [0.2, 0.25) is 0 Å². The highest BCUT2D eigenvalue weighted by atomic mass is 19.1. The number of fused-ring (bicyclic) bond motifs is 1. The number of nitrogens with zero attached hydrogens (tertiary/aromatic N) is 1. The zero-order valence-corrected chi connectivity index (χ0v) is 16.0. The average Bonchev–Trinajstić information content (AvgIpc) is 2.65. The highest BCUT2D eigenvalue weighted by Gasteiger charge is 2.15. The Hall–Kier alpha value is -2.95. The van der Waals surface area contributed by atoms with Crippen LogP contribution in [-0.2, 0) is 6.54 Å². The number of ether oxygens (including phenoxy) is 1. The molecule has 0 radical (unpaired) electrons. The normalized spacial score (nSPS) is 11.0. The molecule has 3 aromatic rings. The molecule has 1 heterocycles. The molecular weight excluding hydrogens is 343 g/mol. The molecule has 0 fully saturated rings. The maximum atomic E-state index is 13.7. The minimum atomic E-state index is -0.359. The van der Waals surface area contributed by atoms with Crippen LogP contribution in [0, 0.1) is 12.7 Å². The van der Waals surface area contributed by atoms with Crippen molar-refractivity contribution in [3.63, 3.8) is 0 Å². The number of carbonyl (C=O) groups is 1. The van der Waals surface area contributed by atoms with Crippen molar-refractivity contribution in [2.24, 2.45) is 0 Å². The van der Waals surface area contributed by atoms with E-state index in [0.29, 0.717) is 34.7 Å². The molecule has 3 rings (SSSR count). The summed E-state index contributed by atoms with van der Waals surface area (Å²) in [5, 5.41) is 3.43. The summed E-state index contributed by atoms with van der Waals surface area (Å²) in [4.78, 5) is 17.0. The number of pyridine rings is 1. The maximum absolute atomic E-state index is 13.7. The molecule has 0 bridgehead atoms. The molecule has 0 aliphatic rings. The molecule has 2 aromatic carbocycles. The minimum absolute atomic E-state index is 0.243. The van der Waals surface area contributed by atoms with E-state index in [4.69, 9.17) is 4.74 Å². The van der Waals surface area contributed by atoms with E-state index in [1.54, 1.807) is 13.0 Å². The van der Waals surface area contributed by atoms with Crippen LogP contribution in [0.1, 0.15) is 46.9 Å². The molecule has 1 amide bonds. The zero-order valence-electron chi connectivity index (χ0n) is 16.0. The fourth-order valence-corrected chi connectivity index (χ4v) is 3.00. The lowest BCUT2D eigenvalue weighted by molar-refractivity contribution is 0.0946. The van der Waals surface area contributed by atoms with Gasteiger partial charge in [-0.1, -0.05) is 38.1 Å². The molecule has 4 nitrogen and oxygen atoms in total. The molecule has 27 heavy (non-hydrogen) atoms. The molecule has 0 atom stereocenters. The first kappa shape index (κ1) is 18.8. The Morgan fingerprint density at radius 2 is 1.89 bits per heavy atom. The smallest absolute Gasteiger partial charge is 0.270 e. The van der Waals surface area contributed by atoms with Crippen LogP contribution in [0.5, 0.6) is 5.75 Å². The van der Waals surface area contributed by atoms with Gasteiger partial charge in [-0.2, -0.15) is 0 Å². The largest absolute Gasteiger partial charge is 0.496 e. The van der Waals surface area contributed by atoms with Crippen LogP contribution < -0.4 is 10.1 Å². The highest BCUT2D eigenvalue weighted by molar-refractivity contribution is 5.97. The van der Waals surface area contributed by atoms with Gasteiger partial charge in [-0.05, 0) is 41.7 Å². The standard InChI is InChI=1S/C22H23FN2O2/c1-13(2)16-7-5-15(6-8-16)12-24-22(26)19-11-20(27-4)18-10-17(23)9-14(3)21(18)25-19/h5-11,13H,12H2,1-4H3,(H,24,26). The number of carbonyl (C=O) groups excluding carboxylic acids is 1. The molecule has 0 saturated heterocycles. The van der Waals surface area contributed by atoms with Crippen LogP contribution >= 0.6 is 0 Å². The van der Waals surface area contributed by atoms with E-state index >= 15 is 0 Å². The molecule has 5 heteroatoms. The Morgan fingerprint density at radius 3 is 2.52 bits per heavy atom. The van der Waals surface area contributed by atoms with Gasteiger partial charge >= 0.3 is 0 Å². The second kappa shape index (κ2) is 7.74. The first-order valence-corrected chi connectivity index (χ1v) is 8.91. The third-order valence-electron chi connectivity index (χ3n) is 4.58. The Balaban J connectivity index is 1.83. The summed E-state index contributed by atoms with van der Waals surface area (Å²) in [6.45, 7) is 6.45. The van der Waals surface area contributed by atoms with Crippen molar-refractivity contribution in [2.45, 2.75) is 33.2 Å². The molecule has 0 spiro atoms. The van der Waals surface area contributed by atoms with Gasteiger partial charge in [-0.3, -0.25) is 4.79 Å². The van der Waals surface area contributed by atoms with E-state index in [2.05, 4.69) is 36.3 Å². The number of halogens is 1. The maximum Gasteiger partial charge on any atom is 0.270 e. The summed E-state index contributed by atoms with van der Waals surface area (Å²) < 4.78 is 19.0. The zero-order chi connectivity index (χ0) is 19.6. The lowest BCUT2D eigenvalue weighted by Gasteiger charge is -2.11. The molecule has 0 aliphatic heterocycles. The number of hydrogen-bond acceptors (Lipinski definition) is 3. The molecule has 1 aromatic heterocycles. The number of nitrogens with one attached hydrogen (secondary N) is 1. The van der Waals surface area contributed by atoms with Gasteiger partial charge in [-0.15, -0.1) is 0 Å². The van der Waals surface area contributed by atoms with E-state index in [0.717, 1.165) is 5.56 Å². The number of amides is 1. The molecular formula is C22H23FN2O2. The van der Waals surface area contributed by atoms with Crippen molar-refractivity contribution in [1.29, 1.82) is 0 Å². The number of hydrogen-bond donors (Lipinski definition) is 1. The summed E-state index contributed by atoms with van der Waals surface area (Å²) in [6, 6.07) is 12.5. The quantitative estimate of drug-likeness (QED) is 0.709. The topological polar surface area (TPSA) is 51.2 Å². The number of aryl methyl sites for hydroxylation is 1. The predicted molar refractivity (Wildman–Crippen MR) is 105 cm³/mol. The summed E-state index contributed by atoms with van der Waals surface area (Å²) in [5.41, 5.74) is 3.73. The van der Waals surface area contributed by atoms with E-state index in [1.807, 2.05) is 12.1 Å². The van der Waals surface area contributed by atoms with Gasteiger partial charge in [0, 0.05) is 18.0 Å². The fourth-order valence-electron chi connectivity index (χ4n) is 3.00. The number of rotatable bonds is 5. The third kappa shape index (κ3) is 4.08. The molecule has 0 saturated carbocycles. The van der Waals surface area contributed by atoms with E-state index in [9.17, 15) is 9.18 Å². The third-order valence-corrected chi connectivity index (χ3v) is 4.58. The van der Waals surface area contributed by atoms with Crippen LogP contribution in [0.25, 0.3) is 10.9 Å². The van der Waals surface area contributed by atoms with Gasteiger partial charge in [0.1, 0.15) is 17.3 Å². The van der Waals surface area contributed by atoms with Crippen molar-refractivity contribution in [2.75, 3.05) is 7.11 Å². The van der Waals surface area contributed by atoms with E-state index in [-0.39, 0.29) is 17.4 Å². The highest BCUT2D eigenvalue weighted by Crippen LogP contribution is 2.28. The van der Waals surface area contributed by atoms with Crippen molar-refractivity contribution >= 4 is 16.8 Å². The van der Waals surface area contributed by atoms with Crippen molar-refractivity contribution < 1.29 is 13.9 Å². The fraction of sp³-hybridized carbons (Fsp3) is 0.273. The van der Waals surface area contributed by atoms with Crippen molar-refractivity contribution in [3.05, 3.63) is 70.7 Å². The second-order valence-corrected chi connectivity index (χ2v) is 6.91. The SMILES string of the molecule is COc1cc(C(=O)NCc2ccc(C(C)C)cc2)nc2c(C)cc(F)cc12. The number of methoxy groups -OCH3 is 1. The molecule has 1 N–H and O–H groups in total. The lowest BCUT2D eigenvalue weighted by atomic mass is 10.0. The second-order valence-electron chi connectivity index (χ2n) is 6.91. The van der Waals surface area contributed by atoms with Crippen LogP contribution in [0.15, 0.2) is 42.5 Å². The van der Waals surface area contributed by atoms with Gasteiger partial charge < -0.3 is 10.1 Å². The number of benzene rings is 2. The van der Waals surface area contributed by atoms with Gasteiger partial charge in [-0.25, -0.2) is 9.37 Å². The predicted octanol–water partition coefficient (Wildman–Crippen LogP) is 4.74. The Labute approximate surface area is 158 Å². The summed E-state index contributed by atoms with van der Waals surface area (Å²) >= 11 is 0. The average molecular weight is 366 g/mol. The van der Waals surface area contributed by atoms with Crippen LogP contribution in [0.3, 0.4) is 0 Å². The first-order chi connectivity index (χ1) is 12.9. The van der Waals surface area contributed by atoms with E-state index < -0.39 is 0 Å². The molecule has 140 valence electrons. The Kier molecular flexibility index (Phi) is 5.40. The van der Waals surface area contributed by atoms with Crippen molar-refractivity contribution in [3.8, 4) is 5.75 Å². The Morgan fingerprint density at radius 1 is 1.19 bits per heavy atom. The van der Waals surface area contributed by atoms with Gasteiger partial charge in [0.15, 0.2) is 0 Å².